The largest absolute Gasteiger partial charge is 0.366 e. The third kappa shape index (κ3) is 8.94. The highest BCUT2D eigenvalue weighted by Gasteiger charge is 2.27. The molecule has 1 atom stereocenters. The number of hydrazone groups is 1. The van der Waals surface area contributed by atoms with Gasteiger partial charge in [-0.25, -0.2) is 10.1 Å². The van der Waals surface area contributed by atoms with Crippen LogP contribution in [0.25, 0.3) is 0 Å². The molecule has 12 heteroatoms. The van der Waals surface area contributed by atoms with E-state index in [0.29, 0.717) is 12.0 Å². The molecule has 1 unspecified atom stereocenters. The number of nitrogens with zero attached hydrogens (tertiary/aromatic N) is 2. The van der Waals surface area contributed by atoms with Crippen molar-refractivity contribution in [3.8, 4) is 0 Å². The third-order valence-corrected chi connectivity index (χ3v) is 6.03. The maximum Gasteiger partial charge on any atom is 0.266 e. The number of nitrogens with two attached hydrogens (primary N) is 2. The molecule has 0 aromatic heterocycles. The summed E-state index contributed by atoms with van der Waals surface area (Å²) >= 11 is 0. The predicted octanol–water partition coefficient (Wildman–Crippen LogP) is 1.59. The van der Waals surface area contributed by atoms with E-state index in [0.717, 1.165) is 16.7 Å². The van der Waals surface area contributed by atoms with Gasteiger partial charge in [-0.05, 0) is 41.7 Å². The zero-order valence-corrected chi connectivity index (χ0v) is 21.7. The maximum atomic E-state index is 13.6. The molecule has 12 nitrogen and oxygen atoms in total. The summed E-state index contributed by atoms with van der Waals surface area (Å²) < 4.78 is 0. The monoisotopic (exact) mass is 545 g/mol. The van der Waals surface area contributed by atoms with Crippen LogP contribution in [0.15, 0.2) is 90.0 Å². The van der Waals surface area contributed by atoms with E-state index in [1.54, 1.807) is 24.3 Å². The number of benzene rings is 3. The molecule has 0 aliphatic carbocycles. The molecule has 40 heavy (non-hydrogen) atoms. The minimum Gasteiger partial charge on any atom is -0.366 e. The lowest BCUT2D eigenvalue weighted by Crippen LogP contribution is -2.48. The van der Waals surface area contributed by atoms with Crippen LogP contribution in [-0.4, -0.2) is 41.3 Å². The zero-order valence-electron chi connectivity index (χ0n) is 21.7. The normalized spacial score (nSPS) is 11.9. The average molecular weight is 546 g/mol. The number of hydrogen-bond acceptors (Lipinski definition) is 5. The van der Waals surface area contributed by atoms with Gasteiger partial charge in [0.25, 0.3) is 5.96 Å². The zero-order chi connectivity index (χ0) is 28.9. The summed E-state index contributed by atoms with van der Waals surface area (Å²) in [5, 5.41) is 20.9. The highest BCUT2D eigenvalue weighted by molar-refractivity contribution is 5.93. The minimum atomic E-state index is -0.915. The second-order valence-corrected chi connectivity index (χ2v) is 8.89. The van der Waals surface area contributed by atoms with Crippen LogP contribution in [0, 0.1) is 10.1 Å². The lowest BCUT2D eigenvalue weighted by atomic mass is 9.90. The molecule has 0 heterocycles. The van der Waals surface area contributed by atoms with E-state index in [1.807, 2.05) is 60.7 Å². The van der Waals surface area contributed by atoms with Crippen molar-refractivity contribution < 1.29 is 19.4 Å². The van der Waals surface area contributed by atoms with Crippen molar-refractivity contribution in [2.24, 2.45) is 16.6 Å². The van der Waals surface area contributed by atoms with Crippen LogP contribution in [0.1, 0.15) is 45.8 Å². The van der Waals surface area contributed by atoms with E-state index in [-0.39, 0.29) is 31.4 Å². The van der Waals surface area contributed by atoms with Crippen molar-refractivity contribution in [2.75, 3.05) is 6.54 Å². The fourth-order valence-electron chi connectivity index (χ4n) is 4.06. The second kappa shape index (κ2) is 14.6. The molecule has 0 saturated carbocycles. The first-order valence-corrected chi connectivity index (χ1v) is 12.5. The summed E-state index contributed by atoms with van der Waals surface area (Å²) in [6.45, 7) is 0.351. The van der Waals surface area contributed by atoms with Gasteiger partial charge in [-0.15, -0.1) is 0 Å². The fourth-order valence-corrected chi connectivity index (χ4v) is 4.06. The molecule has 3 aromatic rings. The fraction of sp³-hybridized carbons (Fsp3) is 0.214. The quantitative estimate of drug-likeness (QED) is 0.0707. The Labute approximate surface area is 231 Å². The molecular formula is C28H31N7O5. The standard InChI is InChI=1S/C28H31N7O5/c29-25(36)22-15-13-19(14-16-22)18-32-26(37)23(12-7-17-31-28(30)34-35(39)40)33-27(38)24(20-8-3-1-4-9-20)21-10-5-2-6-11-21/h1-6,8-11,13-16,23-24H,7,12,17-18H2,(H2,29,36)(H,32,37)(H,33,38)(H3,30,31,34). The molecule has 0 spiro atoms. The number of nitrogens with one attached hydrogen (secondary N) is 3. The van der Waals surface area contributed by atoms with Crippen LogP contribution in [0.5, 0.6) is 0 Å². The number of carbonyl (C=O) groups is 3. The highest BCUT2D eigenvalue weighted by Crippen LogP contribution is 2.25. The summed E-state index contributed by atoms with van der Waals surface area (Å²) in [5.74, 6) is -2.34. The van der Waals surface area contributed by atoms with Crippen molar-refractivity contribution in [1.82, 2.24) is 16.0 Å². The van der Waals surface area contributed by atoms with Gasteiger partial charge in [-0.2, -0.15) is 0 Å². The van der Waals surface area contributed by atoms with Crippen LogP contribution in [0.4, 0.5) is 0 Å². The molecule has 3 aromatic carbocycles. The number of hydrogen-bond donors (Lipinski definition) is 5. The lowest BCUT2D eigenvalue weighted by molar-refractivity contribution is -0.485. The van der Waals surface area contributed by atoms with E-state index >= 15 is 0 Å². The molecule has 0 aliphatic heterocycles. The van der Waals surface area contributed by atoms with Crippen molar-refractivity contribution in [3.63, 3.8) is 0 Å². The molecular weight excluding hydrogens is 514 g/mol. The van der Waals surface area contributed by atoms with Crippen LogP contribution in [0.3, 0.4) is 0 Å². The Morgan fingerprint density at radius 3 is 1.93 bits per heavy atom. The summed E-state index contributed by atoms with van der Waals surface area (Å²) in [4.78, 5) is 48.7. The van der Waals surface area contributed by atoms with Crippen molar-refractivity contribution in [2.45, 2.75) is 31.3 Å². The number of carbonyl (C=O) groups excluding carboxylic acids is 3. The van der Waals surface area contributed by atoms with E-state index in [2.05, 4.69) is 21.1 Å². The van der Waals surface area contributed by atoms with E-state index in [4.69, 9.17) is 11.5 Å². The lowest BCUT2D eigenvalue weighted by Gasteiger charge is -2.23. The van der Waals surface area contributed by atoms with Crippen molar-refractivity contribution in [1.29, 1.82) is 0 Å². The first kappa shape index (κ1) is 29.3. The smallest absolute Gasteiger partial charge is 0.266 e. The SMILES string of the molecule is NC(=O)c1ccc(CNC(=O)C(CCCN/C(N)=N\[N+](=O)[O-])NC(=O)C(c2ccccc2)c2ccccc2)cc1. The Bertz CT molecular complexity index is 1290. The predicted molar refractivity (Wildman–Crippen MR) is 149 cm³/mol. The van der Waals surface area contributed by atoms with E-state index in [1.165, 1.54) is 0 Å². The van der Waals surface area contributed by atoms with Gasteiger partial charge in [0.15, 0.2) is 5.03 Å². The van der Waals surface area contributed by atoms with Crippen LogP contribution in [-0.2, 0) is 16.1 Å². The molecule has 0 aliphatic rings. The van der Waals surface area contributed by atoms with Gasteiger partial charge in [0.2, 0.25) is 17.7 Å². The molecule has 0 saturated heterocycles. The number of primary amides is 1. The van der Waals surface area contributed by atoms with Crippen molar-refractivity contribution >= 4 is 23.7 Å². The molecule has 3 rings (SSSR count). The van der Waals surface area contributed by atoms with Crippen LogP contribution < -0.4 is 27.4 Å². The molecule has 0 radical (unpaired) electrons. The second-order valence-electron chi connectivity index (χ2n) is 8.89. The first-order chi connectivity index (χ1) is 19.2. The van der Waals surface area contributed by atoms with Crippen LogP contribution in [0.2, 0.25) is 0 Å². The minimum absolute atomic E-state index is 0.158. The number of rotatable bonds is 13. The molecule has 208 valence electrons. The van der Waals surface area contributed by atoms with Gasteiger partial charge in [0.1, 0.15) is 11.1 Å². The molecule has 3 amide bonds. The van der Waals surface area contributed by atoms with Gasteiger partial charge in [0.05, 0.1) is 5.92 Å². The van der Waals surface area contributed by atoms with E-state index in [9.17, 15) is 24.5 Å². The Hall–Kier alpha value is -5.26. The van der Waals surface area contributed by atoms with Gasteiger partial charge in [0, 0.05) is 18.7 Å². The van der Waals surface area contributed by atoms with Gasteiger partial charge >= 0.3 is 0 Å². The Kier molecular flexibility index (Phi) is 10.7. The van der Waals surface area contributed by atoms with E-state index < -0.39 is 28.8 Å². The van der Waals surface area contributed by atoms with Gasteiger partial charge in [-0.3, -0.25) is 14.4 Å². The Morgan fingerprint density at radius 1 is 0.825 bits per heavy atom. The number of amides is 3. The Balaban J connectivity index is 1.75. The first-order valence-electron chi connectivity index (χ1n) is 12.5. The summed E-state index contributed by atoms with van der Waals surface area (Å²) in [5.41, 5.74) is 13.4. The van der Waals surface area contributed by atoms with Gasteiger partial charge < -0.3 is 27.4 Å². The third-order valence-electron chi connectivity index (χ3n) is 6.03. The topological polar surface area (TPSA) is 195 Å². The van der Waals surface area contributed by atoms with Gasteiger partial charge in [-0.1, -0.05) is 72.8 Å². The average Bonchev–Trinajstić information content (AvgIpc) is 2.94. The number of guanidine groups is 1. The van der Waals surface area contributed by atoms with Crippen LogP contribution >= 0.6 is 0 Å². The molecule has 0 bridgehead atoms. The molecule has 0 fully saturated rings. The number of nitro groups is 1. The van der Waals surface area contributed by atoms with Crippen molar-refractivity contribution in [3.05, 3.63) is 117 Å². The molecule has 7 N–H and O–H groups in total. The highest BCUT2D eigenvalue weighted by atomic mass is 16.7. The summed E-state index contributed by atoms with van der Waals surface area (Å²) in [6.07, 6.45) is 0.564. The summed E-state index contributed by atoms with van der Waals surface area (Å²) in [6, 6.07) is 24.1. The summed E-state index contributed by atoms with van der Waals surface area (Å²) in [7, 11) is 0. The Morgan fingerprint density at radius 2 is 1.40 bits per heavy atom. The maximum absolute atomic E-state index is 13.6.